The minimum Gasteiger partial charge on any atom is -0.350 e. The van der Waals surface area contributed by atoms with Crippen LogP contribution in [-0.2, 0) is 9.59 Å². The lowest BCUT2D eigenvalue weighted by Crippen LogP contribution is -2.46. The van der Waals surface area contributed by atoms with E-state index in [9.17, 15) is 9.59 Å². The topological polar surface area (TPSA) is 49.4 Å². The maximum atomic E-state index is 12.0. The molecule has 1 aromatic rings. The van der Waals surface area contributed by atoms with Gasteiger partial charge in [-0.05, 0) is 48.8 Å². The van der Waals surface area contributed by atoms with Crippen LogP contribution in [0.1, 0.15) is 20.8 Å². The van der Waals surface area contributed by atoms with Crippen molar-refractivity contribution in [1.29, 1.82) is 0 Å². The van der Waals surface area contributed by atoms with Gasteiger partial charge in [-0.3, -0.25) is 9.59 Å². The molecule has 21 heavy (non-hydrogen) atoms. The van der Waals surface area contributed by atoms with Crippen molar-refractivity contribution in [2.75, 3.05) is 19.3 Å². The molecule has 116 valence electrons. The third kappa shape index (κ3) is 7.00. The lowest BCUT2D eigenvalue weighted by Gasteiger charge is -2.23. The first-order chi connectivity index (χ1) is 9.69. The highest BCUT2D eigenvalue weighted by Crippen LogP contribution is 2.26. The Hall–Kier alpha value is -1.01. The van der Waals surface area contributed by atoms with Crippen molar-refractivity contribution in [2.24, 2.45) is 0 Å². The van der Waals surface area contributed by atoms with Crippen LogP contribution in [0.15, 0.2) is 33.6 Å². The lowest BCUT2D eigenvalue weighted by molar-refractivity contribution is -0.133. The lowest BCUT2D eigenvalue weighted by atomic mass is 10.1. The van der Waals surface area contributed by atoms with Gasteiger partial charge in [-0.15, -0.1) is 11.8 Å². The number of carbonyl (C=O) groups excluding carboxylic acids is 2. The highest BCUT2D eigenvalue weighted by molar-refractivity contribution is 9.10. The summed E-state index contributed by atoms with van der Waals surface area (Å²) in [5.41, 5.74) is -0.287. The van der Waals surface area contributed by atoms with Gasteiger partial charge in [-0.1, -0.05) is 12.1 Å². The van der Waals surface area contributed by atoms with Crippen molar-refractivity contribution < 1.29 is 9.59 Å². The Morgan fingerprint density at radius 3 is 2.48 bits per heavy atom. The summed E-state index contributed by atoms with van der Waals surface area (Å²) in [5.74, 6) is 0.0890. The molecule has 6 heteroatoms. The molecule has 4 nitrogen and oxygen atoms in total. The summed E-state index contributed by atoms with van der Waals surface area (Å²) in [6, 6.07) is 7.75. The highest BCUT2D eigenvalue weighted by Gasteiger charge is 2.18. The van der Waals surface area contributed by atoms with E-state index in [1.54, 1.807) is 7.05 Å². The van der Waals surface area contributed by atoms with Gasteiger partial charge in [0.05, 0.1) is 12.3 Å². The Balaban J connectivity index is 2.45. The average molecular weight is 373 g/mol. The Kier molecular flexibility index (Phi) is 6.74. The molecule has 0 unspecified atom stereocenters. The van der Waals surface area contributed by atoms with Gasteiger partial charge in [0.25, 0.3) is 0 Å². The van der Waals surface area contributed by atoms with Gasteiger partial charge in [0.1, 0.15) is 0 Å². The van der Waals surface area contributed by atoms with E-state index >= 15 is 0 Å². The molecule has 1 N–H and O–H groups in total. The third-order valence-electron chi connectivity index (χ3n) is 2.51. The Morgan fingerprint density at radius 2 is 1.90 bits per heavy atom. The van der Waals surface area contributed by atoms with Crippen LogP contribution in [0.25, 0.3) is 0 Å². The van der Waals surface area contributed by atoms with E-state index in [1.165, 1.54) is 16.7 Å². The van der Waals surface area contributed by atoms with Crippen LogP contribution in [0.4, 0.5) is 0 Å². The number of rotatable bonds is 5. The van der Waals surface area contributed by atoms with Crippen LogP contribution in [0.5, 0.6) is 0 Å². The molecule has 0 bridgehead atoms. The number of thioether (sulfide) groups is 1. The van der Waals surface area contributed by atoms with E-state index in [0.717, 1.165) is 9.37 Å². The number of nitrogens with one attached hydrogen (secondary N) is 1. The minimum atomic E-state index is -0.287. The Labute approximate surface area is 138 Å². The Morgan fingerprint density at radius 1 is 1.29 bits per heavy atom. The molecule has 0 atom stereocenters. The van der Waals surface area contributed by atoms with Gasteiger partial charge < -0.3 is 10.2 Å². The summed E-state index contributed by atoms with van der Waals surface area (Å²) >= 11 is 4.90. The molecule has 0 aliphatic heterocycles. The summed E-state index contributed by atoms with van der Waals surface area (Å²) in [6.07, 6.45) is 0. The van der Waals surface area contributed by atoms with Crippen LogP contribution in [0, 0.1) is 0 Å². The molecule has 0 radical (unpaired) electrons. The fraction of sp³-hybridized carbons (Fsp3) is 0.467. The predicted molar refractivity (Wildman–Crippen MR) is 90.4 cm³/mol. The molecule has 1 rings (SSSR count). The quantitative estimate of drug-likeness (QED) is 0.808. The van der Waals surface area contributed by atoms with E-state index in [-0.39, 0.29) is 23.9 Å². The number of likely N-dealkylation sites (N-methyl/N-ethyl adjacent to an activating group) is 1. The first-order valence-corrected chi connectivity index (χ1v) is 8.39. The molecule has 0 aliphatic carbocycles. The third-order valence-corrected chi connectivity index (χ3v) is 4.52. The zero-order valence-corrected chi connectivity index (χ0v) is 15.2. The van der Waals surface area contributed by atoms with Crippen LogP contribution < -0.4 is 5.32 Å². The number of halogens is 1. The largest absolute Gasteiger partial charge is 0.350 e. The maximum Gasteiger partial charge on any atom is 0.240 e. The summed E-state index contributed by atoms with van der Waals surface area (Å²) in [7, 11) is 1.64. The van der Waals surface area contributed by atoms with E-state index < -0.39 is 0 Å². The first-order valence-electron chi connectivity index (χ1n) is 6.61. The molecule has 0 aliphatic rings. The summed E-state index contributed by atoms with van der Waals surface area (Å²) in [6.45, 7) is 5.81. The number of amides is 2. The number of benzene rings is 1. The van der Waals surface area contributed by atoms with Crippen molar-refractivity contribution in [1.82, 2.24) is 10.2 Å². The van der Waals surface area contributed by atoms with Gasteiger partial charge in [0, 0.05) is 22.0 Å². The SMILES string of the molecule is CN(CC(=O)NC(C)(C)C)C(=O)CSc1ccccc1Br. The van der Waals surface area contributed by atoms with E-state index in [1.807, 2.05) is 45.0 Å². The molecular formula is C15H21BrN2O2S. The molecule has 2 amide bonds. The van der Waals surface area contributed by atoms with Gasteiger partial charge in [-0.25, -0.2) is 0 Å². The fourth-order valence-electron chi connectivity index (χ4n) is 1.57. The normalized spacial score (nSPS) is 11.1. The van der Waals surface area contributed by atoms with Gasteiger partial charge in [0.2, 0.25) is 11.8 Å². The molecule has 0 saturated heterocycles. The minimum absolute atomic E-state index is 0.0696. The monoisotopic (exact) mass is 372 g/mol. The second-order valence-electron chi connectivity index (χ2n) is 5.77. The highest BCUT2D eigenvalue weighted by atomic mass is 79.9. The molecule has 0 spiro atoms. The van der Waals surface area contributed by atoms with E-state index in [0.29, 0.717) is 5.75 Å². The fourth-order valence-corrected chi connectivity index (χ4v) is 3.08. The molecule has 0 aromatic heterocycles. The van der Waals surface area contributed by atoms with Gasteiger partial charge in [0.15, 0.2) is 0 Å². The van der Waals surface area contributed by atoms with Crippen molar-refractivity contribution in [3.63, 3.8) is 0 Å². The zero-order valence-electron chi connectivity index (χ0n) is 12.8. The van der Waals surface area contributed by atoms with Gasteiger partial charge >= 0.3 is 0 Å². The van der Waals surface area contributed by atoms with E-state index in [2.05, 4.69) is 21.2 Å². The first kappa shape index (κ1) is 18.0. The molecule has 0 saturated carbocycles. The number of hydrogen-bond acceptors (Lipinski definition) is 3. The molecular weight excluding hydrogens is 352 g/mol. The standard InChI is InChI=1S/C15H21BrN2O2S/c1-15(2,3)17-13(19)9-18(4)14(20)10-21-12-8-6-5-7-11(12)16/h5-8H,9-10H2,1-4H3,(H,17,19). The van der Waals surface area contributed by atoms with Crippen molar-refractivity contribution in [3.05, 3.63) is 28.7 Å². The van der Waals surface area contributed by atoms with Crippen molar-refractivity contribution in [2.45, 2.75) is 31.2 Å². The van der Waals surface area contributed by atoms with Gasteiger partial charge in [-0.2, -0.15) is 0 Å². The van der Waals surface area contributed by atoms with Crippen molar-refractivity contribution in [3.8, 4) is 0 Å². The summed E-state index contributed by atoms with van der Waals surface area (Å²) < 4.78 is 0.968. The van der Waals surface area contributed by atoms with Crippen LogP contribution in [0.3, 0.4) is 0 Å². The number of carbonyl (C=O) groups is 2. The summed E-state index contributed by atoms with van der Waals surface area (Å²) in [5, 5.41) is 2.84. The van der Waals surface area contributed by atoms with Crippen molar-refractivity contribution >= 4 is 39.5 Å². The average Bonchev–Trinajstić information content (AvgIpc) is 2.34. The van der Waals surface area contributed by atoms with Crippen LogP contribution in [0.2, 0.25) is 0 Å². The molecule has 1 aromatic carbocycles. The van der Waals surface area contributed by atoms with Crippen LogP contribution >= 0.6 is 27.7 Å². The number of hydrogen-bond donors (Lipinski definition) is 1. The predicted octanol–water partition coefficient (Wildman–Crippen LogP) is 2.91. The van der Waals surface area contributed by atoms with Crippen LogP contribution in [-0.4, -0.2) is 41.6 Å². The second kappa shape index (κ2) is 7.84. The number of nitrogens with zero attached hydrogens (tertiary/aromatic N) is 1. The smallest absolute Gasteiger partial charge is 0.240 e. The Bertz CT molecular complexity index is 515. The molecule has 0 fully saturated rings. The second-order valence-corrected chi connectivity index (χ2v) is 7.64. The summed E-state index contributed by atoms with van der Waals surface area (Å²) in [4.78, 5) is 26.3. The zero-order chi connectivity index (χ0) is 16.0. The molecule has 0 heterocycles. The van der Waals surface area contributed by atoms with E-state index in [4.69, 9.17) is 0 Å². The maximum absolute atomic E-state index is 12.0.